The lowest BCUT2D eigenvalue weighted by Gasteiger charge is -2.35. The van der Waals surface area contributed by atoms with Gasteiger partial charge in [-0.25, -0.2) is 23.4 Å². The first-order valence-electron chi connectivity index (χ1n) is 11.8. The SMILES string of the molecule is CC(C)n1nc(N2CC(C#N)C2)c2cnc(Nc3ccnc(-c4cnn(S(=O)(=O)C5CC5)c4)n3)cc21.[HH]. The van der Waals surface area contributed by atoms with Gasteiger partial charge in [0.2, 0.25) is 0 Å². The lowest BCUT2D eigenvalue weighted by molar-refractivity contribution is 0.488. The molecule has 4 aromatic rings. The molecular weight excluding hydrogens is 480 g/mol. The number of fused-ring (bicyclic) bond motifs is 1. The van der Waals surface area contributed by atoms with Crippen LogP contribution in [0.3, 0.4) is 0 Å². The summed E-state index contributed by atoms with van der Waals surface area (Å²) in [4.78, 5) is 15.5. The fourth-order valence-corrected chi connectivity index (χ4v) is 5.70. The third-order valence-electron chi connectivity index (χ3n) is 6.36. The monoisotopic (exact) mass is 506 g/mol. The van der Waals surface area contributed by atoms with Crippen LogP contribution in [-0.2, 0) is 10.0 Å². The van der Waals surface area contributed by atoms with E-state index in [2.05, 4.69) is 50.2 Å². The van der Waals surface area contributed by atoms with Gasteiger partial charge in [0, 0.05) is 39.0 Å². The first kappa shape index (κ1) is 22.4. The van der Waals surface area contributed by atoms with Crippen LogP contribution < -0.4 is 10.2 Å². The summed E-state index contributed by atoms with van der Waals surface area (Å²) in [5.74, 6) is 2.33. The van der Waals surface area contributed by atoms with Crippen molar-refractivity contribution in [3.63, 3.8) is 0 Å². The molecule has 0 amide bonds. The maximum atomic E-state index is 12.4. The maximum absolute atomic E-state index is 12.4. The minimum absolute atomic E-state index is 0. The van der Waals surface area contributed by atoms with Crippen molar-refractivity contribution in [3.05, 3.63) is 36.9 Å². The molecule has 1 saturated heterocycles. The molecule has 36 heavy (non-hydrogen) atoms. The van der Waals surface area contributed by atoms with Crippen molar-refractivity contribution in [1.82, 2.24) is 33.9 Å². The van der Waals surface area contributed by atoms with Crippen LogP contribution in [0.1, 0.15) is 34.2 Å². The van der Waals surface area contributed by atoms with E-state index in [1.165, 1.54) is 12.4 Å². The molecular formula is C23H26N10O2S. The topological polar surface area (TPSA) is 148 Å². The van der Waals surface area contributed by atoms with Crippen molar-refractivity contribution < 1.29 is 9.84 Å². The standard InChI is InChI=1S/C23H24N10O2S.H2/c1-14(2)33-19-7-21(26-10-18(19)23(30-33)31-11-15(8-24)12-31)28-20-5-6-25-22(29-20)16-9-27-32(13-16)36(34,35)17-3-4-17;/h5-7,9-10,13-15,17H,3-4,11-12H2,1-2H3,(H,25,26,28,29);1H. The van der Waals surface area contributed by atoms with Crippen LogP contribution in [0.15, 0.2) is 36.9 Å². The quantitative estimate of drug-likeness (QED) is 0.396. The van der Waals surface area contributed by atoms with Crippen molar-refractivity contribution >= 4 is 38.4 Å². The highest BCUT2D eigenvalue weighted by atomic mass is 32.2. The Hall–Kier alpha value is -4.05. The van der Waals surface area contributed by atoms with Gasteiger partial charge >= 0.3 is 0 Å². The molecule has 0 bridgehead atoms. The summed E-state index contributed by atoms with van der Waals surface area (Å²) in [5.41, 5.74) is 1.44. The van der Waals surface area contributed by atoms with Crippen molar-refractivity contribution in [2.45, 2.75) is 38.0 Å². The van der Waals surface area contributed by atoms with Crippen LogP contribution >= 0.6 is 0 Å². The van der Waals surface area contributed by atoms with Crippen LogP contribution in [0.25, 0.3) is 22.3 Å². The van der Waals surface area contributed by atoms with Gasteiger partial charge < -0.3 is 10.2 Å². The van der Waals surface area contributed by atoms with Crippen LogP contribution in [-0.4, -0.2) is 60.7 Å². The molecule has 13 heteroatoms. The number of pyridine rings is 1. The van der Waals surface area contributed by atoms with Gasteiger partial charge in [-0.1, -0.05) is 0 Å². The van der Waals surface area contributed by atoms with E-state index in [9.17, 15) is 8.42 Å². The Morgan fingerprint density at radius 1 is 1.19 bits per heavy atom. The van der Waals surface area contributed by atoms with Crippen LogP contribution in [0.4, 0.5) is 17.5 Å². The van der Waals surface area contributed by atoms with Gasteiger partial charge in [0.05, 0.1) is 46.1 Å². The van der Waals surface area contributed by atoms with Crippen molar-refractivity contribution in [2.75, 3.05) is 23.3 Å². The second kappa shape index (κ2) is 8.27. The fourth-order valence-electron chi connectivity index (χ4n) is 4.22. The molecule has 0 spiro atoms. The molecule has 1 N–H and O–H groups in total. The van der Waals surface area contributed by atoms with Crippen LogP contribution in [0, 0.1) is 17.2 Å². The number of nitrogens with zero attached hydrogens (tertiary/aromatic N) is 9. The number of hydrogen-bond acceptors (Lipinski definition) is 10. The third-order valence-corrected chi connectivity index (χ3v) is 8.40. The zero-order valence-corrected chi connectivity index (χ0v) is 20.6. The Balaban J connectivity index is 0.00000280. The van der Waals surface area contributed by atoms with Gasteiger partial charge in [-0.3, -0.25) is 4.68 Å². The summed E-state index contributed by atoms with van der Waals surface area (Å²) in [6.07, 6.45) is 7.63. The summed E-state index contributed by atoms with van der Waals surface area (Å²) < 4.78 is 27.9. The van der Waals surface area contributed by atoms with Crippen LogP contribution in [0.5, 0.6) is 0 Å². The molecule has 4 aromatic heterocycles. The maximum Gasteiger partial charge on any atom is 0.256 e. The van der Waals surface area contributed by atoms with Gasteiger partial charge in [0.1, 0.15) is 11.6 Å². The Labute approximate surface area is 209 Å². The van der Waals surface area contributed by atoms with Gasteiger partial charge in [0.15, 0.2) is 11.6 Å². The number of rotatable bonds is 7. The number of hydrogen-bond donors (Lipinski definition) is 1. The molecule has 1 saturated carbocycles. The highest BCUT2D eigenvalue weighted by Gasteiger charge is 2.37. The lowest BCUT2D eigenvalue weighted by atomic mass is 10.0. The second-order valence-electron chi connectivity index (χ2n) is 9.42. The summed E-state index contributed by atoms with van der Waals surface area (Å²) in [6.45, 7) is 5.47. The van der Waals surface area contributed by atoms with Crippen molar-refractivity contribution in [1.29, 1.82) is 5.26 Å². The Morgan fingerprint density at radius 3 is 2.72 bits per heavy atom. The van der Waals surface area contributed by atoms with Gasteiger partial charge in [0.25, 0.3) is 10.0 Å². The molecule has 2 aliphatic rings. The minimum atomic E-state index is -3.45. The van der Waals surface area contributed by atoms with E-state index < -0.39 is 10.0 Å². The fraction of sp³-hybridized carbons (Fsp3) is 0.391. The normalized spacial score (nSPS) is 16.3. The van der Waals surface area contributed by atoms with E-state index in [0.717, 1.165) is 20.8 Å². The predicted octanol–water partition coefficient (Wildman–Crippen LogP) is 2.96. The molecule has 0 unspecified atom stereocenters. The molecule has 2 fully saturated rings. The molecule has 5 heterocycles. The molecule has 0 aromatic carbocycles. The summed E-state index contributed by atoms with van der Waals surface area (Å²) in [7, 11) is -3.45. The van der Waals surface area contributed by atoms with Crippen LogP contribution in [0.2, 0.25) is 0 Å². The number of aromatic nitrogens is 7. The first-order chi connectivity index (χ1) is 17.3. The Morgan fingerprint density at radius 2 is 2.00 bits per heavy atom. The number of anilines is 3. The molecule has 186 valence electrons. The zero-order valence-electron chi connectivity index (χ0n) is 19.8. The summed E-state index contributed by atoms with van der Waals surface area (Å²) in [6, 6.07) is 6.08. The van der Waals surface area contributed by atoms with E-state index in [1.54, 1.807) is 18.5 Å². The zero-order chi connectivity index (χ0) is 25.0. The molecule has 12 nitrogen and oxygen atoms in total. The molecule has 0 atom stereocenters. The first-order valence-corrected chi connectivity index (χ1v) is 13.3. The summed E-state index contributed by atoms with van der Waals surface area (Å²) >= 11 is 0. The molecule has 0 radical (unpaired) electrons. The number of nitrogens with one attached hydrogen (secondary N) is 1. The lowest BCUT2D eigenvalue weighted by Crippen LogP contribution is -2.46. The average Bonchev–Trinajstić information content (AvgIpc) is 3.46. The van der Waals surface area contributed by atoms with E-state index >= 15 is 0 Å². The smallest absolute Gasteiger partial charge is 0.256 e. The van der Waals surface area contributed by atoms with E-state index in [4.69, 9.17) is 10.4 Å². The molecule has 1 aliphatic carbocycles. The third kappa shape index (κ3) is 3.83. The summed E-state index contributed by atoms with van der Waals surface area (Å²) in [5, 5.41) is 21.7. The van der Waals surface area contributed by atoms with Crippen molar-refractivity contribution in [3.8, 4) is 17.5 Å². The molecule has 1 aliphatic heterocycles. The van der Waals surface area contributed by atoms with E-state index in [0.29, 0.717) is 49.0 Å². The van der Waals surface area contributed by atoms with Gasteiger partial charge in [-0.15, -0.1) is 0 Å². The highest BCUT2D eigenvalue weighted by molar-refractivity contribution is 7.90. The van der Waals surface area contributed by atoms with E-state index in [-0.39, 0.29) is 18.6 Å². The number of nitriles is 1. The highest BCUT2D eigenvalue weighted by Crippen LogP contribution is 2.34. The largest absolute Gasteiger partial charge is 0.352 e. The molecule has 6 rings (SSSR count). The minimum Gasteiger partial charge on any atom is -0.352 e. The average molecular weight is 507 g/mol. The second-order valence-corrected chi connectivity index (χ2v) is 11.5. The predicted molar refractivity (Wildman–Crippen MR) is 135 cm³/mol. The van der Waals surface area contributed by atoms with Gasteiger partial charge in [-0.2, -0.15) is 19.5 Å². The van der Waals surface area contributed by atoms with Gasteiger partial charge in [-0.05, 0) is 32.8 Å². The Bertz CT molecular complexity index is 1610. The van der Waals surface area contributed by atoms with E-state index in [1.807, 2.05) is 10.7 Å². The van der Waals surface area contributed by atoms with Crippen molar-refractivity contribution in [2.24, 2.45) is 5.92 Å². The Kier molecular flexibility index (Phi) is 5.15.